The molecule has 3 nitrogen and oxygen atoms in total. The molecule has 140 valence electrons. The van der Waals surface area contributed by atoms with Gasteiger partial charge in [0.15, 0.2) is 11.6 Å². The first-order chi connectivity index (χ1) is 12.7. The zero-order valence-electron chi connectivity index (χ0n) is 15.8. The van der Waals surface area contributed by atoms with E-state index in [2.05, 4.69) is 47.2 Å². The number of piperidine rings is 1. The van der Waals surface area contributed by atoms with Crippen LogP contribution in [0, 0.1) is 5.82 Å². The van der Waals surface area contributed by atoms with Crippen LogP contribution in [0.2, 0.25) is 0 Å². The largest absolute Gasteiger partial charge is 0.494 e. The zero-order chi connectivity index (χ0) is 18.4. The van der Waals surface area contributed by atoms with Gasteiger partial charge in [0.1, 0.15) is 0 Å². The second-order valence-electron chi connectivity index (χ2n) is 7.22. The van der Waals surface area contributed by atoms with Crippen molar-refractivity contribution in [2.45, 2.75) is 31.8 Å². The third-order valence-electron chi connectivity index (χ3n) is 5.31. The van der Waals surface area contributed by atoms with E-state index in [0.29, 0.717) is 11.8 Å². The van der Waals surface area contributed by atoms with E-state index in [1.165, 1.54) is 32.1 Å². The normalized spacial score (nSPS) is 18.2. The number of ether oxygens (including phenoxy) is 1. The minimum atomic E-state index is -0.286. The van der Waals surface area contributed by atoms with Crippen LogP contribution < -0.4 is 4.74 Å². The van der Waals surface area contributed by atoms with E-state index in [1.54, 1.807) is 12.1 Å². The van der Waals surface area contributed by atoms with Gasteiger partial charge in [-0.3, -0.25) is 4.90 Å². The monoisotopic (exact) mass is 356 g/mol. The highest BCUT2D eigenvalue weighted by Gasteiger charge is 2.23. The van der Waals surface area contributed by atoms with Crippen LogP contribution in [-0.2, 0) is 13.0 Å². The number of methoxy groups -OCH3 is 1. The molecule has 1 aliphatic rings. The molecular formula is C22H29FN2O. The molecule has 0 N–H and O–H groups in total. The van der Waals surface area contributed by atoms with E-state index >= 15 is 0 Å². The Kier molecular flexibility index (Phi) is 6.64. The van der Waals surface area contributed by atoms with Crippen LogP contribution in [0.4, 0.5) is 4.39 Å². The molecule has 0 bridgehead atoms. The quantitative estimate of drug-likeness (QED) is 0.746. The van der Waals surface area contributed by atoms with Gasteiger partial charge in [-0.25, -0.2) is 4.39 Å². The van der Waals surface area contributed by atoms with Crippen molar-refractivity contribution in [3.8, 4) is 5.75 Å². The lowest BCUT2D eigenvalue weighted by molar-refractivity contribution is 0.112. The molecule has 1 heterocycles. The molecule has 1 fully saturated rings. The number of nitrogens with zero attached hydrogens (tertiary/aromatic N) is 2. The van der Waals surface area contributed by atoms with Crippen LogP contribution in [0.15, 0.2) is 48.5 Å². The topological polar surface area (TPSA) is 15.7 Å². The van der Waals surface area contributed by atoms with E-state index in [-0.39, 0.29) is 5.82 Å². The van der Waals surface area contributed by atoms with Gasteiger partial charge in [0.25, 0.3) is 0 Å². The molecule has 0 radical (unpaired) electrons. The molecule has 0 saturated carbocycles. The number of halogens is 1. The minimum Gasteiger partial charge on any atom is -0.494 e. The maximum Gasteiger partial charge on any atom is 0.165 e. The molecular weight excluding hydrogens is 327 g/mol. The summed E-state index contributed by atoms with van der Waals surface area (Å²) in [6, 6.07) is 16.5. The van der Waals surface area contributed by atoms with E-state index in [1.807, 2.05) is 6.07 Å². The predicted octanol–water partition coefficient (Wildman–Crippen LogP) is 3.97. The van der Waals surface area contributed by atoms with Gasteiger partial charge >= 0.3 is 0 Å². The summed E-state index contributed by atoms with van der Waals surface area (Å²) < 4.78 is 18.9. The smallest absolute Gasteiger partial charge is 0.165 e. The summed E-state index contributed by atoms with van der Waals surface area (Å²) in [5.74, 6) is 0.0210. The van der Waals surface area contributed by atoms with Crippen LogP contribution >= 0.6 is 0 Å². The maximum atomic E-state index is 13.9. The number of likely N-dealkylation sites (tertiary alicyclic amines) is 1. The highest BCUT2D eigenvalue weighted by Crippen LogP contribution is 2.21. The molecule has 26 heavy (non-hydrogen) atoms. The molecule has 3 rings (SSSR count). The Hall–Kier alpha value is -1.91. The second kappa shape index (κ2) is 9.15. The van der Waals surface area contributed by atoms with Gasteiger partial charge in [-0.2, -0.15) is 0 Å². The molecule has 2 aromatic rings. The summed E-state index contributed by atoms with van der Waals surface area (Å²) in [5, 5.41) is 0. The Morgan fingerprint density at radius 2 is 1.96 bits per heavy atom. The lowest BCUT2D eigenvalue weighted by atomic mass is 10.0. The van der Waals surface area contributed by atoms with Crippen molar-refractivity contribution in [3.05, 3.63) is 65.5 Å². The van der Waals surface area contributed by atoms with Crippen molar-refractivity contribution in [1.29, 1.82) is 0 Å². The number of hydrogen-bond acceptors (Lipinski definition) is 3. The van der Waals surface area contributed by atoms with Gasteiger partial charge in [0.05, 0.1) is 7.11 Å². The van der Waals surface area contributed by atoms with Crippen LogP contribution in [0.1, 0.15) is 24.0 Å². The zero-order valence-corrected chi connectivity index (χ0v) is 15.8. The second-order valence-corrected chi connectivity index (χ2v) is 7.22. The summed E-state index contributed by atoms with van der Waals surface area (Å²) in [6.07, 6.45) is 3.53. The van der Waals surface area contributed by atoms with E-state index in [4.69, 9.17) is 4.74 Å². The van der Waals surface area contributed by atoms with E-state index < -0.39 is 0 Å². The Morgan fingerprint density at radius 3 is 2.69 bits per heavy atom. The van der Waals surface area contributed by atoms with Crippen LogP contribution in [0.5, 0.6) is 5.75 Å². The lowest BCUT2D eigenvalue weighted by Crippen LogP contribution is -2.46. The molecule has 1 saturated heterocycles. The summed E-state index contributed by atoms with van der Waals surface area (Å²) in [4.78, 5) is 4.92. The summed E-state index contributed by atoms with van der Waals surface area (Å²) >= 11 is 0. The SMILES string of the molecule is COc1ccc(CN(C)[C@@H]2CCCN(CCc3ccccc3)C2)cc1F. The van der Waals surface area contributed by atoms with Crippen molar-refractivity contribution in [1.82, 2.24) is 9.80 Å². The Balaban J connectivity index is 1.52. The number of benzene rings is 2. The van der Waals surface area contributed by atoms with Crippen LogP contribution in [0.25, 0.3) is 0 Å². The van der Waals surface area contributed by atoms with Crippen molar-refractivity contribution in [2.24, 2.45) is 0 Å². The van der Waals surface area contributed by atoms with Crippen molar-refractivity contribution in [3.63, 3.8) is 0 Å². The van der Waals surface area contributed by atoms with Gasteiger partial charge in [0, 0.05) is 25.7 Å². The first-order valence-electron chi connectivity index (χ1n) is 9.44. The minimum absolute atomic E-state index is 0.286. The summed E-state index contributed by atoms with van der Waals surface area (Å²) in [6.45, 7) is 4.12. The molecule has 1 atom stereocenters. The van der Waals surface area contributed by atoms with Crippen molar-refractivity contribution >= 4 is 0 Å². The fourth-order valence-electron chi connectivity index (χ4n) is 3.75. The van der Waals surface area contributed by atoms with E-state index in [0.717, 1.165) is 31.6 Å². The standard InChI is InChI=1S/C22H29FN2O/c1-24(16-19-10-11-22(26-2)21(23)15-19)20-9-6-13-25(17-20)14-12-18-7-4-3-5-8-18/h3-5,7-8,10-11,15,20H,6,9,12-14,16-17H2,1-2H3/t20-/m1/s1. The Morgan fingerprint density at radius 1 is 1.15 bits per heavy atom. The fourth-order valence-corrected chi connectivity index (χ4v) is 3.75. The number of rotatable bonds is 7. The van der Waals surface area contributed by atoms with Gasteiger partial charge in [-0.05, 0) is 56.1 Å². The van der Waals surface area contributed by atoms with Gasteiger partial charge in [0.2, 0.25) is 0 Å². The third kappa shape index (κ3) is 5.05. The van der Waals surface area contributed by atoms with Crippen molar-refractivity contribution < 1.29 is 9.13 Å². The van der Waals surface area contributed by atoms with Gasteiger partial charge in [-0.15, -0.1) is 0 Å². The molecule has 1 aliphatic heterocycles. The highest BCUT2D eigenvalue weighted by molar-refractivity contribution is 5.29. The molecule has 0 aliphatic carbocycles. The molecule has 2 aromatic carbocycles. The third-order valence-corrected chi connectivity index (χ3v) is 5.31. The Bertz CT molecular complexity index is 692. The van der Waals surface area contributed by atoms with Crippen LogP contribution in [-0.4, -0.2) is 49.6 Å². The molecule has 0 unspecified atom stereocenters. The van der Waals surface area contributed by atoms with E-state index in [9.17, 15) is 4.39 Å². The predicted molar refractivity (Wildman–Crippen MR) is 104 cm³/mol. The van der Waals surface area contributed by atoms with Gasteiger partial charge in [-0.1, -0.05) is 36.4 Å². The van der Waals surface area contributed by atoms with Gasteiger partial charge < -0.3 is 9.64 Å². The fraction of sp³-hybridized carbons (Fsp3) is 0.455. The maximum absolute atomic E-state index is 13.9. The first-order valence-corrected chi connectivity index (χ1v) is 9.44. The Labute approximate surface area is 156 Å². The average molecular weight is 356 g/mol. The average Bonchev–Trinajstić information content (AvgIpc) is 2.67. The van der Waals surface area contributed by atoms with Crippen molar-refractivity contribution in [2.75, 3.05) is 33.8 Å². The number of hydrogen-bond donors (Lipinski definition) is 0. The van der Waals surface area contributed by atoms with Crippen LogP contribution in [0.3, 0.4) is 0 Å². The molecule has 4 heteroatoms. The highest BCUT2D eigenvalue weighted by atomic mass is 19.1. The molecule has 0 amide bonds. The summed E-state index contributed by atoms with van der Waals surface area (Å²) in [5.41, 5.74) is 2.39. The molecule has 0 spiro atoms. The summed E-state index contributed by atoms with van der Waals surface area (Å²) in [7, 11) is 3.64. The molecule has 0 aromatic heterocycles. The lowest BCUT2D eigenvalue weighted by Gasteiger charge is -2.37. The first kappa shape index (κ1) is 18.9. The number of likely N-dealkylation sites (N-methyl/N-ethyl adjacent to an activating group) is 1.